The summed E-state index contributed by atoms with van der Waals surface area (Å²) < 4.78 is 1.63. The maximum absolute atomic E-state index is 12.7. The number of fused-ring (bicyclic) bond motifs is 1. The fourth-order valence-electron chi connectivity index (χ4n) is 4.18. The quantitative estimate of drug-likeness (QED) is 0.515. The highest BCUT2D eigenvalue weighted by Gasteiger charge is 2.27. The zero-order valence-corrected chi connectivity index (χ0v) is 17.6. The van der Waals surface area contributed by atoms with Gasteiger partial charge in [0.05, 0.1) is 23.1 Å². The van der Waals surface area contributed by atoms with E-state index >= 15 is 0 Å². The molecular weight excluding hydrogens is 388 g/mol. The molecule has 0 amide bonds. The molecule has 3 aromatic heterocycles. The van der Waals surface area contributed by atoms with Crippen molar-refractivity contribution in [2.24, 2.45) is 7.05 Å². The third-order valence-corrected chi connectivity index (χ3v) is 5.91. The molecule has 7 heteroatoms. The first-order valence-electron chi connectivity index (χ1n) is 10.4. The van der Waals surface area contributed by atoms with Crippen LogP contribution in [0.5, 0.6) is 0 Å². The average Bonchev–Trinajstić information content (AvgIpc) is 2.81. The standard InChI is InChI=1S/C24H24N6O/c1-17-16-29(20-13-19-5-3-4-6-21(19)26-15-20)11-12-30(17)24-27-22(14-23(31)28(24)2)18-7-9-25-10-8-18/h3-10,13-15,17H,11-12,16H2,1-2H3. The summed E-state index contributed by atoms with van der Waals surface area (Å²) in [5.41, 5.74) is 3.63. The van der Waals surface area contributed by atoms with Gasteiger partial charge in [0.2, 0.25) is 5.95 Å². The molecule has 0 saturated carbocycles. The molecule has 0 spiro atoms. The number of para-hydroxylation sites is 1. The normalized spacial score (nSPS) is 16.6. The SMILES string of the molecule is CC1CN(c2cnc3ccccc3c2)CCN1c1nc(-c2ccncc2)cc(=O)n1C. The summed E-state index contributed by atoms with van der Waals surface area (Å²) in [6.45, 7) is 4.61. The largest absolute Gasteiger partial charge is 0.366 e. The number of nitrogens with zero attached hydrogens (tertiary/aromatic N) is 6. The van der Waals surface area contributed by atoms with Gasteiger partial charge in [-0.05, 0) is 31.2 Å². The van der Waals surface area contributed by atoms with E-state index in [1.807, 2.05) is 36.5 Å². The van der Waals surface area contributed by atoms with Gasteiger partial charge in [-0.1, -0.05) is 18.2 Å². The highest BCUT2D eigenvalue weighted by molar-refractivity contribution is 5.81. The summed E-state index contributed by atoms with van der Waals surface area (Å²) >= 11 is 0. The number of hydrogen-bond donors (Lipinski definition) is 0. The molecule has 1 saturated heterocycles. The Balaban J connectivity index is 1.43. The van der Waals surface area contributed by atoms with Crippen molar-refractivity contribution in [1.82, 2.24) is 19.5 Å². The van der Waals surface area contributed by atoms with Gasteiger partial charge in [-0.25, -0.2) is 4.98 Å². The molecule has 0 aliphatic carbocycles. The molecular formula is C24H24N6O. The number of piperazine rings is 1. The Morgan fingerprint density at radius 3 is 2.65 bits per heavy atom. The number of benzene rings is 1. The first kappa shape index (κ1) is 19.2. The van der Waals surface area contributed by atoms with Crippen molar-refractivity contribution in [1.29, 1.82) is 0 Å². The fraction of sp³-hybridized carbons (Fsp3) is 0.250. The molecule has 4 heterocycles. The smallest absolute Gasteiger partial charge is 0.255 e. The molecule has 1 fully saturated rings. The Morgan fingerprint density at radius 2 is 1.84 bits per heavy atom. The molecule has 0 radical (unpaired) electrons. The van der Waals surface area contributed by atoms with Crippen molar-refractivity contribution in [3.05, 3.63) is 77.5 Å². The molecule has 5 rings (SSSR count). The Bertz CT molecular complexity index is 1290. The van der Waals surface area contributed by atoms with Gasteiger partial charge < -0.3 is 9.80 Å². The first-order valence-corrected chi connectivity index (χ1v) is 10.4. The van der Waals surface area contributed by atoms with E-state index in [0.717, 1.165) is 41.8 Å². The molecule has 0 N–H and O–H groups in total. The van der Waals surface area contributed by atoms with Gasteiger partial charge in [-0.15, -0.1) is 0 Å². The minimum absolute atomic E-state index is 0.0647. The minimum atomic E-state index is -0.0647. The van der Waals surface area contributed by atoms with E-state index in [-0.39, 0.29) is 11.6 Å². The van der Waals surface area contributed by atoms with Gasteiger partial charge in [0.25, 0.3) is 5.56 Å². The summed E-state index contributed by atoms with van der Waals surface area (Å²) in [6.07, 6.45) is 5.38. The van der Waals surface area contributed by atoms with Crippen molar-refractivity contribution < 1.29 is 0 Å². The second-order valence-corrected chi connectivity index (χ2v) is 7.95. The summed E-state index contributed by atoms with van der Waals surface area (Å²) in [5, 5.41) is 1.14. The van der Waals surface area contributed by atoms with Crippen LogP contribution in [-0.4, -0.2) is 45.2 Å². The van der Waals surface area contributed by atoms with Crippen LogP contribution in [0.3, 0.4) is 0 Å². The highest BCUT2D eigenvalue weighted by atomic mass is 16.1. The number of hydrogen-bond acceptors (Lipinski definition) is 6. The van der Waals surface area contributed by atoms with Crippen LogP contribution in [0.1, 0.15) is 6.92 Å². The van der Waals surface area contributed by atoms with Crippen LogP contribution in [0.25, 0.3) is 22.2 Å². The molecule has 1 aliphatic rings. The zero-order chi connectivity index (χ0) is 21.4. The fourth-order valence-corrected chi connectivity index (χ4v) is 4.18. The molecule has 1 unspecified atom stereocenters. The van der Waals surface area contributed by atoms with Gasteiger partial charge in [-0.3, -0.25) is 19.3 Å². The molecule has 4 aromatic rings. The maximum atomic E-state index is 12.7. The molecule has 0 bridgehead atoms. The van der Waals surface area contributed by atoms with E-state index < -0.39 is 0 Å². The first-order chi connectivity index (χ1) is 15.1. The minimum Gasteiger partial charge on any atom is -0.366 e. The lowest BCUT2D eigenvalue weighted by atomic mass is 10.1. The topological polar surface area (TPSA) is 67.2 Å². The van der Waals surface area contributed by atoms with Crippen molar-refractivity contribution in [3.8, 4) is 11.3 Å². The van der Waals surface area contributed by atoms with Crippen LogP contribution < -0.4 is 15.4 Å². The monoisotopic (exact) mass is 412 g/mol. The maximum Gasteiger partial charge on any atom is 0.255 e. The van der Waals surface area contributed by atoms with Gasteiger partial charge in [0.1, 0.15) is 0 Å². The lowest BCUT2D eigenvalue weighted by Gasteiger charge is -2.41. The summed E-state index contributed by atoms with van der Waals surface area (Å²) in [4.78, 5) is 30.7. The Labute approximate surface area is 180 Å². The summed E-state index contributed by atoms with van der Waals surface area (Å²) in [6, 6.07) is 15.9. The second kappa shape index (κ2) is 7.83. The Morgan fingerprint density at radius 1 is 1.03 bits per heavy atom. The predicted octanol–water partition coefficient (Wildman–Crippen LogP) is 3.11. The molecule has 1 aromatic carbocycles. The van der Waals surface area contributed by atoms with E-state index in [0.29, 0.717) is 11.6 Å². The number of rotatable bonds is 3. The van der Waals surface area contributed by atoms with E-state index in [1.165, 1.54) is 0 Å². The van der Waals surface area contributed by atoms with E-state index in [9.17, 15) is 4.79 Å². The number of aromatic nitrogens is 4. The highest BCUT2D eigenvalue weighted by Crippen LogP contribution is 2.25. The third kappa shape index (κ3) is 3.63. The van der Waals surface area contributed by atoms with Crippen LogP contribution >= 0.6 is 0 Å². The Kier molecular flexibility index (Phi) is 4.86. The van der Waals surface area contributed by atoms with E-state index in [1.54, 1.807) is 30.1 Å². The third-order valence-electron chi connectivity index (χ3n) is 5.91. The molecule has 7 nitrogen and oxygen atoms in total. The van der Waals surface area contributed by atoms with Crippen LogP contribution in [0, 0.1) is 0 Å². The Hall–Kier alpha value is -3.74. The van der Waals surface area contributed by atoms with Crippen LogP contribution in [-0.2, 0) is 7.05 Å². The van der Waals surface area contributed by atoms with E-state index in [4.69, 9.17) is 4.98 Å². The lowest BCUT2D eigenvalue weighted by molar-refractivity contribution is 0.529. The van der Waals surface area contributed by atoms with Gasteiger partial charge >= 0.3 is 0 Å². The van der Waals surface area contributed by atoms with Crippen LogP contribution in [0.2, 0.25) is 0 Å². The zero-order valence-electron chi connectivity index (χ0n) is 17.6. The molecule has 1 atom stereocenters. The van der Waals surface area contributed by atoms with Crippen molar-refractivity contribution in [2.45, 2.75) is 13.0 Å². The van der Waals surface area contributed by atoms with Gasteiger partial charge in [-0.2, -0.15) is 0 Å². The second-order valence-electron chi connectivity index (χ2n) is 7.95. The summed E-state index contributed by atoms with van der Waals surface area (Å²) in [7, 11) is 1.79. The molecule has 1 aliphatic heterocycles. The molecule has 31 heavy (non-hydrogen) atoms. The van der Waals surface area contributed by atoms with Crippen molar-refractivity contribution in [2.75, 3.05) is 29.4 Å². The van der Waals surface area contributed by atoms with Gasteiger partial charge in [0, 0.05) is 62.1 Å². The number of anilines is 2. The summed E-state index contributed by atoms with van der Waals surface area (Å²) in [5.74, 6) is 0.697. The molecule has 156 valence electrons. The number of pyridine rings is 2. The average molecular weight is 412 g/mol. The van der Waals surface area contributed by atoms with Crippen LogP contribution in [0.15, 0.2) is 71.9 Å². The van der Waals surface area contributed by atoms with Crippen LogP contribution in [0.4, 0.5) is 11.6 Å². The van der Waals surface area contributed by atoms with E-state index in [2.05, 4.69) is 38.8 Å². The predicted molar refractivity (Wildman–Crippen MR) is 123 cm³/mol. The van der Waals surface area contributed by atoms with Gasteiger partial charge in [0.15, 0.2) is 0 Å². The van der Waals surface area contributed by atoms with Crippen molar-refractivity contribution >= 4 is 22.5 Å². The lowest BCUT2D eigenvalue weighted by Crippen LogP contribution is -2.53. The van der Waals surface area contributed by atoms with Crippen molar-refractivity contribution in [3.63, 3.8) is 0 Å².